The third kappa shape index (κ3) is 2.61. The van der Waals surface area contributed by atoms with Gasteiger partial charge in [-0.25, -0.2) is 0 Å². The molecule has 2 unspecified atom stereocenters. The summed E-state index contributed by atoms with van der Waals surface area (Å²) < 4.78 is 0. The highest BCUT2D eigenvalue weighted by atomic mass is 35.5. The Bertz CT molecular complexity index is 474. The van der Waals surface area contributed by atoms with Gasteiger partial charge in [-0.15, -0.1) is 0 Å². The van der Waals surface area contributed by atoms with Gasteiger partial charge in [-0.3, -0.25) is 0 Å². The van der Waals surface area contributed by atoms with Gasteiger partial charge in [0, 0.05) is 30.1 Å². The van der Waals surface area contributed by atoms with E-state index in [1.807, 2.05) is 6.07 Å². The summed E-state index contributed by atoms with van der Waals surface area (Å²) in [6.07, 6.45) is 2.61. The monoisotopic (exact) mass is 292 g/mol. The number of halogens is 1. The molecule has 2 nitrogen and oxygen atoms in total. The molecule has 1 spiro atoms. The van der Waals surface area contributed by atoms with Crippen LogP contribution in [0, 0.1) is 5.41 Å². The largest absolute Gasteiger partial charge is 0.316 e. The number of likely N-dealkylation sites (tertiary alicyclic amines) is 1. The molecule has 2 heterocycles. The van der Waals surface area contributed by atoms with E-state index in [-0.39, 0.29) is 0 Å². The van der Waals surface area contributed by atoms with Gasteiger partial charge in [0.05, 0.1) is 0 Å². The van der Waals surface area contributed by atoms with E-state index in [0.717, 1.165) is 18.1 Å². The van der Waals surface area contributed by atoms with Crippen molar-refractivity contribution in [1.82, 2.24) is 10.2 Å². The van der Waals surface area contributed by atoms with Crippen molar-refractivity contribution in [3.63, 3.8) is 0 Å². The molecule has 2 saturated heterocycles. The van der Waals surface area contributed by atoms with Gasteiger partial charge in [-0.2, -0.15) is 0 Å². The summed E-state index contributed by atoms with van der Waals surface area (Å²) in [5.74, 6) is 0.596. The van der Waals surface area contributed by atoms with Crippen molar-refractivity contribution in [1.29, 1.82) is 0 Å². The molecule has 0 amide bonds. The van der Waals surface area contributed by atoms with Gasteiger partial charge in [0.25, 0.3) is 0 Å². The first-order valence-corrected chi connectivity index (χ1v) is 8.19. The molecular weight excluding hydrogens is 268 g/mol. The molecule has 2 aliphatic rings. The highest BCUT2D eigenvalue weighted by molar-refractivity contribution is 6.30. The molecule has 3 heteroatoms. The van der Waals surface area contributed by atoms with Crippen molar-refractivity contribution < 1.29 is 0 Å². The van der Waals surface area contributed by atoms with Gasteiger partial charge in [0.2, 0.25) is 0 Å². The Balaban J connectivity index is 1.88. The van der Waals surface area contributed by atoms with Crippen molar-refractivity contribution in [2.45, 2.75) is 38.6 Å². The fourth-order valence-electron chi connectivity index (χ4n) is 4.03. The molecule has 0 radical (unpaired) electrons. The average Bonchev–Trinajstić information content (AvgIpc) is 2.84. The minimum absolute atomic E-state index is 0.445. The molecule has 2 fully saturated rings. The highest BCUT2D eigenvalue weighted by Crippen LogP contribution is 2.48. The van der Waals surface area contributed by atoms with Gasteiger partial charge < -0.3 is 10.2 Å². The van der Waals surface area contributed by atoms with Crippen LogP contribution >= 0.6 is 11.6 Å². The van der Waals surface area contributed by atoms with Crippen molar-refractivity contribution in [2.24, 2.45) is 5.41 Å². The lowest BCUT2D eigenvalue weighted by molar-refractivity contribution is 0.152. The zero-order valence-electron chi connectivity index (χ0n) is 12.5. The Morgan fingerprint density at radius 2 is 2.20 bits per heavy atom. The van der Waals surface area contributed by atoms with Crippen LogP contribution < -0.4 is 5.32 Å². The summed E-state index contributed by atoms with van der Waals surface area (Å²) in [6, 6.07) is 9.14. The molecule has 1 aromatic carbocycles. The summed E-state index contributed by atoms with van der Waals surface area (Å²) in [4.78, 5) is 2.64. The Labute approximate surface area is 127 Å². The van der Waals surface area contributed by atoms with Crippen LogP contribution in [0.25, 0.3) is 0 Å². The van der Waals surface area contributed by atoms with Crippen LogP contribution in [0.4, 0.5) is 0 Å². The van der Waals surface area contributed by atoms with E-state index in [1.165, 1.54) is 31.5 Å². The number of hydrogen-bond donors (Lipinski definition) is 1. The quantitative estimate of drug-likeness (QED) is 0.897. The van der Waals surface area contributed by atoms with E-state index in [2.05, 4.69) is 42.3 Å². The minimum Gasteiger partial charge on any atom is -0.316 e. The summed E-state index contributed by atoms with van der Waals surface area (Å²) >= 11 is 6.21. The fraction of sp³-hybridized carbons (Fsp3) is 0.647. The molecule has 2 aliphatic heterocycles. The lowest BCUT2D eigenvalue weighted by Crippen LogP contribution is -2.45. The SMILES string of the molecule is CC(C)N1CCC2(CCNCC2c2cccc(Cl)c2)C1. The molecule has 1 N–H and O–H groups in total. The predicted molar refractivity (Wildman–Crippen MR) is 85.4 cm³/mol. The molecule has 3 rings (SSSR count). The van der Waals surface area contributed by atoms with Crippen LogP contribution in [-0.2, 0) is 0 Å². The number of hydrogen-bond acceptors (Lipinski definition) is 2. The van der Waals surface area contributed by atoms with E-state index < -0.39 is 0 Å². The van der Waals surface area contributed by atoms with Crippen LogP contribution in [-0.4, -0.2) is 37.1 Å². The summed E-state index contributed by atoms with van der Waals surface area (Å²) in [7, 11) is 0. The Hall–Kier alpha value is -0.570. The number of piperidine rings is 1. The maximum absolute atomic E-state index is 6.21. The van der Waals surface area contributed by atoms with E-state index in [9.17, 15) is 0 Å². The van der Waals surface area contributed by atoms with Gasteiger partial charge in [-0.1, -0.05) is 23.7 Å². The molecule has 1 aromatic rings. The first-order valence-electron chi connectivity index (χ1n) is 7.81. The lowest BCUT2D eigenvalue weighted by Gasteiger charge is -2.42. The molecule has 110 valence electrons. The van der Waals surface area contributed by atoms with Crippen LogP contribution in [0.15, 0.2) is 24.3 Å². The van der Waals surface area contributed by atoms with Gasteiger partial charge >= 0.3 is 0 Å². The number of rotatable bonds is 2. The highest BCUT2D eigenvalue weighted by Gasteiger charge is 2.46. The molecule has 0 saturated carbocycles. The second-order valence-electron chi connectivity index (χ2n) is 6.74. The van der Waals surface area contributed by atoms with E-state index >= 15 is 0 Å². The van der Waals surface area contributed by atoms with Crippen molar-refractivity contribution in [2.75, 3.05) is 26.2 Å². The summed E-state index contributed by atoms with van der Waals surface area (Å²) in [5.41, 5.74) is 1.86. The Morgan fingerprint density at radius 1 is 1.35 bits per heavy atom. The number of nitrogens with zero attached hydrogens (tertiary/aromatic N) is 1. The second kappa shape index (κ2) is 5.67. The topological polar surface area (TPSA) is 15.3 Å². The minimum atomic E-state index is 0.445. The molecule has 0 bridgehead atoms. The van der Waals surface area contributed by atoms with Crippen LogP contribution in [0.5, 0.6) is 0 Å². The van der Waals surface area contributed by atoms with E-state index in [4.69, 9.17) is 11.6 Å². The van der Waals surface area contributed by atoms with Gasteiger partial charge in [-0.05, 0) is 62.9 Å². The van der Waals surface area contributed by atoms with Crippen LogP contribution in [0.2, 0.25) is 5.02 Å². The Kier molecular flexibility index (Phi) is 4.07. The second-order valence-corrected chi connectivity index (χ2v) is 7.17. The zero-order chi connectivity index (χ0) is 14.2. The lowest BCUT2D eigenvalue weighted by atomic mass is 9.67. The van der Waals surface area contributed by atoms with E-state index in [1.54, 1.807) is 0 Å². The molecular formula is C17H25ClN2. The van der Waals surface area contributed by atoms with E-state index in [0.29, 0.717) is 17.4 Å². The molecule has 0 aromatic heterocycles. The smallest absolute Gasteiger partial charge is 0.0408 e. The predicted octanol–water partition coefficient (Wildman–Crippen LogP) is 3.52. The van der Waals surface area contributed by atoms with Crippen LogP contribution in [0.3, 0.4) is 0 Å². The zero-order valence-corrected chi connectivity index (χ0v) is 13.3. The molecule has 2 atom stereocenters. The van der Waals surface area contributed by atoms with Crippen LogP contribution in [0.1, 0.15) is 38.2 Å². The maximum atomic E-state index is 6.21. The van der Waals surface area contributed by atoms with Gasteiger partial charge in [0.1, 0.15) is 0 Å². The standard InChI is InChI=1S/C17H25ClN2/c1-13(2)20-9-7-17(12-20)6-8-19-11-16(17)14-4-3-5-15(18)10-14/h3-5,10,13,16,19H,6-9,11-12H2,1-2H3. The fourth-order valence-corrected chi connectivity index (χ4v) is 4.23. The van der Waals surface area contributed by atoms with Gasteiger partial charge in [0.15, 0.2) is 0 Å². The maximum Gasteiger partial charge on any atom is 0.0408 e. The average molecular weight is 293 g/mol. The van der Waals surface area contributed by atoms with Crippen molar-refractivity contribution >= 4 is 11.6 Å². The summed E-state index contributed by atoms with van der Waals surface area (Å²) in [6.45, 7) is 9.36. The third-order valence-corrected chi connectivity index (χ3v) is 5.52. The number of nitrogens with one attached hydrogen (secondary N) is 1. The molecule has 0 aliphatic carbocycles. The van der Waals surface area contributed by atoms with Crippen molar-refractivity contribution in [3.8, 4) is 0 Å². The Morgan fingerprint density at radius 3 is 2.90 bits per heavy atom. The first-order chi connectivity index (χ1) is 9.61. The number of benzene rings is 1. The summed E-state index contributed by atoms with van der Waals surface area (Å²) in [5, 5.41) is 4.45. The first kappa shape index (κ1) is 14.4. The normalized spacial score (nSPS) is 31.3. The molecule has 20 heavy (non-hydrogen) atoms. The third-order valence-electron chi connectivity index (χ3n) is 5.28. The van der Waals surface area contributed by atoms with Crippen molar-refractivity contribution in [3.05, 3.63) is 34.9 Å².